The highest BCUT2D eigenvalue weighted by atomic mass is 19.4. The number of halogens is 3. The zero-order chi connectivity index (χ0) is 16.6. The number of ether oxygens (including phenoxy) is 1. The second kappa shape index (κ2) is 6.10. The summed E-state index contributed by atoms with van der Waals surface area (Å²) in [5.74, 6) is -1.08. The zero-order valence-corrected chi connectivity index (χ0v) is 12.8. The van der Waals surface area contributed by atoms with Crippen molar-refractivity contribution in [2.45, 2.75) is 51.6 Å². The summed E-state index contributed by atoms with van der Waals surface area (Å²) in [4.78, 5) is 14.3. The van der Waals surface area contributed by atoms with Gasteiger partial charge in [-0.3, -0.25) is 4.79 Å². The van der Waals surface area contributed by atoms with Crippen LogP contribution in [0.5, 0.6) is 0 Å². The quantitative estimate of drug-likeness (QED) is 0.829. The molecule has 1 saturated heterocycles. The molecule has 0 aromatic carbocycles. The molecule has 1 fully saturated rings. The van der Waals surface area contributed by atoms with E-state index in [9.17, 15) is 18.0 Å². The summed E-state index contributed by atoms with van der Waals surface area (Å²) in [5, 5.41) is 6.84. The Bertz CT molecular complexity index is 587. The average Bonchev–Trinajstić information content (AvgIpc) is 2.97. The van der Waals surface area contributed by atoms with Crippen molar-refractivity contribution in [2.24, 2.45) is 5.92 Å². The van der Waals surface area contributed by atoms with E-state index < -0.39 is 12.0 Å². The lowest BCUT2D eigenvalue weighted by Gasteiger charge is -2.36. The SMILES string of the molecule is CC[C@H]1OCCC[C@H]1C(=O)N1CCn2c(nnc2C(F)(F)F)C1. The molecule has 3 rings (SSSR count). The van der Waals surface area contributed by atoms with E-state index in [-0.39, 0.29) is 43.4 Å². The lowest BCUT2D eigenvalue weighted by Crippen LogP contribution is -2.46. The van der Waals surface area contributed by atoms with Crippen LogP contribution in [0.1, 0.15) is 37.8 Å². The molecule has 0 bridgehead atoms. The van der Waals surface area contributed by atoms with E-state index in [1.807, 2.05) is 6.92 Å². The zero-order valence-electron chi connectivity index (χ0n) is 12.8. The largest absolute Gasteiger partial charge is 0.451 e. The Hall–Kier alpha value is -1.64. The molecule has 0 radical (unpaired) electrons. The Balaban J connectivity index is 1.74. The van der Waals surface area contributed by atoms with Crippen LogP contribution in [0.3, 0.4) is 0 Å². The van der Waals surface area contributed by atoms with Crippen molar-refractivity contribution in [3.05, 3.63) is 11.6 Å². The van der Waals surface area contributed by atoms with E-state index in [1.54, 1.807) is 4.90 Å². The Morgan fingerprint density at radius 3 is 2.83 bits per heavy atom. The molecule has 6 nitrogen and oxygen atoms in total. The number of rotatable bonds is 2. The van der Waals surface area contributed by atoms with Crippen molar-refractivity contribution in [1.29, 1.82) is 0 Å². The van der Waals surface area contributed by atoms with Crippen LogP contribution in [0.25, 0.3) is 0 Å². The van der Waals surface area contributed by atoms with Gasteiger partial charge in [-0.25, -0.2) is 0 Å². The number of hydrogen-bond donors (Lipinski definition) is 0. The number of fused-ring (bicyclic) bond motifs is 1. The van der Waals surface area contributed by atoms with Crippen molar-refractivity contribution in [3.63, 3.8) is 0 Å². The molecule has 0 aliphatic carbocycles. The van der Waals surface area contributed by atoms with Gasteiger partial charge < -0.3 is 14.2 Å². The molecule has 2 aliphatic heterocycles. The lowest BCUT2D eigenvalue weighted by atomic mass is 9.91. The minimum absolute atomic E-state index is 0.0561. The number of amides is 1. The van der Waals surface area contributed by atoms with Gasteiger partial charge in [-0.1, -0.05) is 6.92 Å². The van der Waals surface area contributed by atoms with Crippen LogP contribution in [0.15, 0.2) is 0 Å². The number of nitrogens with zero attached hydrogens (tertiary/aromatic N) is 4. The van der Waals surface area contributed by atoms with Crippen molar-refractivity contribution in [3.8, 4) is 0 Å². The smallest absolute Gasteiger partial charge is 0.377 e. The summed E-state index contributed by atoms with van der Waals surface area (Å²) in [5.41, 5.74) is 0. The van der Waals surface area contributed by atoms with Gasteiger partial charge in [0.15, 0.2) is 5.82 Å². The second-order valence-corrected chi connectivity index (χ2v) is 5.92. The molecule has 9 heteroatoms. The van der Waals surface area contributed by atoms with Gasteiger partial charge in [-0.2, -0.15) is 13.2 Å². The summed E-state index contributed by atoms with van der Waals surface area (Å²) in [6, 6.07) is 0. The van der Waals surface area contributed by atoms with Crippen molar-refractivity contribution >= 4 is 5.91 Å². The van der Waals surface area contributed by atoms with Gasteiger partial charge in [0.05, 0.1) is 18.6 Å². The number of alkyl halides is 3. The fraction of sp³-hybridized carbons (Fsp3) is 0.786. The van der Waals surface area contributed by atoms with Gasteiger partial charge in [-0.15, -0.1) is 10.2 Å². The predicted molar refractivity (Wildman–Crippen MR) is 73.2 cm³/mol. The highest BCUT2D eigenvalue weighted by Gasteiger charge is 2.41. The van der Waals surface area contributed by atoms with Gasteiger partial charge in [0.1, 0.15) is 0 Å². The monoisotopic (exact) mass is 332 g/mol. The van der Waals surface area contributed by atoms with Gasteiger partial charge in [0, 0.05) is 19.7 Å². The maximum absolute atomic E-state index is 12.8. The standard InChI is InChI=1S/C14H19F3N4O2/c1-2-10-9(4-3-7-23-10)12(22)20-5-6-21-11(8-20)18-19-13(21)14(15,16)17/h9-10H,2-8H2,1H3/t9-,10-/m1/s1. The van der Waals surface area contributed by atoms with E-state index in [4.69, 9.17) is 4.74 Å². The normalized spacial score (nSPS) is 25.3. The molecule has 3 heterocycles. The van der Waals surface area contributed by atoms with Crippen LogP contribution < -0.4 is 0 Å². The maximum Gasteiger partial charge on any atom is 0.451 e. The van der Waals surface area contributed by atoms with Crippen molar-refractivity contribution < 1.29 is 22.7 Å². The molecule has 1 amide bonds. The first-order chi connectivity index (χ1) is 10.9. The molecule has 1 aromatic heterocycles. The fourth-order valence-electron chi connectivity index (χ4n) is 3.31. The Morgan fingerprint density at radius 2 is 2.13 bits per heavy atom. The summed E-state index contributed by atoms with van der Waals surface area (Å²) in [6.07, 6.45) is -2.30. The molecule has 23 heavy (non-hydrogen) atoms. The molecule has 2 aliphatic rings. The van der Waals surface area contributed by atoms with Crippen LogP contribution in [-0.4, -0.2) is 44.8 Å². The van der Waals surface area contributed by atoms with E-state index in [0.717, 1.165) is 23.8 Å². The van der Waals surface area contributed by atoms with Gasteiger partial charge in [0.25, 0.3) is 0 Å². The molecule has 0 spiro atoms. The van der Waals surface area contributed by atoms with E-state index in [1.165, 1.54) is 0 Å². The minimum atomic E-state index is -4.53. The van der Waals surface area contributed by atoms with Crippen LogP contribution in [-0.2, 0) is 28.8 Å². The number of hydrogen-bond acceptors (Lipinski definition) is 4. The molecule has 0 unspecified atom stereocenters. The molecule has 2 atom stereocenters. The predicted octanol–water partition coefficient (Wildman–Crippen LogP) is 1.84. The van der Waals surface area contributed by atoms with Crippen molar-refractivity contribution in [2.75, 3.05) is 13.2 Å². The van der Waals surface area contributed by atoms with E-state index in [2.05, 4.69) is 10.2 Å². The first kappa shape index (κ1) is 16.2. The fourth-order valence-corrected chi connectivity index (χ4v) is 3.31. The summed E-state index contributed by atoms with van der Waals surface area (Å²) in [6.45, 7) is 2.99. The summed E-state index contributed by atoms with van der Waals surface area (Å²) < 4.78 is 45.2. The van der Waals surface area contributed by atoms with Crippen LogP contribution in [0.4, 0.5) is 13.2 Å². The highest BCUT2D eigenvalue weighted by molar-refractivity contribution is 5.79. The highest BCUT2D eigenvalue weighted by Crippen LogP contribution is 2.31. The third-order valence-corrected chi connectivity index (χ3v) is 4.48. The van der Waals surface area contributed by atoms with E-state index >= 15 is 0 Å². The molecule has 128 valence electrons. The third kappa shape index (κ3) is 3.06. The number of carbonyl (C=O) groups excluding carboxylic acids is 1. The molecular formula is C14H19F3N4O2. The van der Waals surface area contributed by atoms with Crippen LogP contribution in [0.2, 0.25) is 0 Å². The first-order valence-electron chi connectivity index (χ1n) is 7.81. The average molecular weight is 332 g/mol. The molecule has 1 aromatic rings. The van der Waals surface area contributed by atoms with Gasteiger partial charge in [0.2, 0.25) is 11.7 Å². The summed E-state index contributed by atoms with van der Waals surface area (Å²) >= 11 is 0. The Kier molecular flexibility index (Phi) is 4.31. The Labute approximate surface area is 131 Å². The minimum Gasteiger partial charge on any atom is -0.377 e. The van der Waals surface area contributed by atoms with Gasteiger partial charge in [-0.05, 0) is 19.3 Å². The molecule has 0 saturated carbocycles. The Morgan fingerprint density at radius 1 is 1.35 bits per heavy atom. The first-order valence-corrected chi connectivity index (χ1v) is 7.81. The van der Waals surface area contributed by atoms with E-state index in [0.29, 0.717) is 6.61 Å². The van der Waals surface area contributed by atoms with Gasteiger partial charge >= 0.3 is 6.18 Å². The molecule has 0 N–H and O–H groups in total. The number of carbonyl (C=O) groups is 1. The third-order valence-electron chi connectivity index (χ3n) is 4.48. The maximum atomic E-state index is 12.8. The topological polar surface area (TPSA) is 60.2 Å². The van der Waals surface area contributed by atoms with Crippen LogP contribution >= 0.6 is 0 Å². The van der Waals surface area contributed by atoms with Crippen molar-refractivity contribution in [1.82, 2.24) is 19.7 Å². The molecular weight excluding hydrogens is 313 g/mol. The van der Waals surface area contributed by atoms with Crippen LogP contribution in [0, 0.1) is 5.92 Å². The number of aromatic nitrogens is 3. The lowest BCUT2D eigenvalue weighted by molar-refractivity contribution is -0.149. The second-order valence-electron chi connectivity index (χ2n) is 5.92. The summed E-state index contributed by atoms with van der Waals surface area (Å²) in [7, 11) is 0.